The summed E-state index contributed by atoms with van der Waals surface area (Å²) < 4.78 is 4.98. The molecular weight excluding hydrogens is 262 g/mol. The van der Waals surface area contributed by atoms with Crippen molar-refractivity contribution in [2.45, 2.75) is 32.4 Å². The maximum Gasteiger partial charge on any atom is 0.407 e. The zero-order valence-corrected chi connectivity index (χ0v) is 11.2. The van der Waals surface area contributed by atoms with Crippen LogP contribution in [0.4, 0.5) is 4.79 Å². The van der Waals surface area contributed by atoms with Crippen LogP contribution in [0, 0.1) is 0 Å². The van der Waals surface area contributed by atoms with Crippen LogP contribution in [0.1, 0.15) is 25.3 Å². The fraction of sp³-hybridized carbons (Fsp3) is 0.357. The lowest BCUT2D eigenvalue weighted by molar-refractivity contribution is -0.140. The highest BCUT2D eigenvalue weighted by molar-refractivity contribution is 5.95. The first-order chi connectivity index (χ1) is 9.47. The van der Waals surface area contributed by atoms with Crippen molar-refractivity contribution in [3.8, 4) is 0 Å². The molecule has 6 nitrogen and oxygen atoms in total. The number of carboxylic acid groups (broad SMARTS) is 1. The molecule has 1 aromatic rings. The molecule has 0 aliphatic heterocycles. The van der Waals surface area contributed by atoms with Crippen molar-refractivity contribution in [2.24, 2.45) is 0 Å². The van der Waals surface area contributed by atoms with Crippen molar-refractivity contribution in [1.29, 1.82) is 0 Å². The quantitative estimate of drug-likeness (QED) is 0.741. The molecule has 0 spiro atoms. The molecule has 0 saturated carbocycles. The standard InChI is InChI=1S/C14H17NO5/c1-10(7-12(16)8-13(17)18)15-14(19)20-9-11-5-3-2-4-6-11/h2-6,10H,7-9H2,1H3,(H,15,19)(H,17,18). The Labute approximate surface area is 116 Å². The summed E-state index contributed by atoms with van der Waals surface area (Å²) in [4.78, 5) is 33.1. The van der Waals surface area contributed by atoms with Crippen molar-refractivity contribution >= 4 is 17.8 Å². The fourth-order valence-electron chi connectivity index (χ4n) is 1.60. The summed E-state index contributed by atoms with van der Waals surface area (Å²) in [7, 11) is 0. The van der Waals surface area contributed by atoms with Gasteiger partial charge in [-0.15, -0.1) is 0 Å². The minimum Gasteiger partial charge on any atom is -0.481 e. The first-order valence-electron chi connectivity index (χ1n) is 6.18. The zero-order valence-electron chi connectivity index (χ0n) is 11.2. The van der Waals surface area contributed by atoms with Crippen molar-refractivity contribution in [3.63, 3.8) is 0 Å². The lowest BCUT2D eigenvalue weighted by Gasteiger charge is -2.13. The predicted molar refractivity (Wildman–Crippen MR) is 71.1 cm³/mol. The Hall–Kier alpha value is -2.37. The van der Waals surface area contributed by atoms with Gasteiger partial charge in [0.05, 0.1) is 0 Å². The third kappa shape index (κ3) is 6.53. The van der Waals surface area contributed by atoms with E-state index in [0.29, 0.717) is 0 Å². The molecular formula is C14H17NO5. The summed E-state index contributed by atoms with van der Waals surface area (Å²) in [6.45, 7) is 1.76. The minimum atomic E-state index is -1.17. The van der Waals surface area contributed by atoms with Gasteiger partial charge >= 0.3 is 12.1 Å². The monoisotopic (exact) mass is 279 g/mol. The Morgan fingerprint density at radius 2 is 1.90 bits per heavy atom. The number of Topliss-reactive ketones (excluding diaryl/α,β-unsaturated/α-hetero) is 1. The molecule has 0 radical (unpaired) electrons. The molecule has 0 heterocycles. The van der Waals surface area contributed by atoms with E-state index < -0.39 is 30.3 Å². The Kier molecular flexibility index (Phi) is 6.22. The molecule has 1 amide bonds. The van der Waals surface area contributed by atoms with E-state index in [1.807, 2.05) is 30.3 Å². The number of rotatable bonds is 7. The highest BCUT2D eigenvalue weighted by atomic mass is 16.5. The van der Waals surface area contributed by atoms with Gasteiger partial charge in [-0.1, -0.05) is 30.3 Å². The van der Waals surface area contributed by atoms with Gasteiger partial charge in [0.15, 0.2) is 0 Å². The van der Waals surface area contributed by atoms with E-state index in [1.54, 1.807) is 6.92 Å². The SMILES string of the molecule is CC(CC(=O)CC(=O)O)NC(=O)OCc1ccccc1. The van der Waals surface area contributed by atoms with E-state index in [4.69, 9.17) is 9.84 Å². The molecule has 1 atom stereocenters. The van der Waals surface area contributed by atoms with Crippen LogP contribution in [0.2, 0.25) is 0 Å². The molecule has 6 heteroatoms. The molecule has 1 unspecified atom stereocenters. The Balaban J connectivity index is 2.28. The predicted octanol–water partition coefficient (Wildman–Crippen LogP) is 1.74. The number of nitrogens with one attached hydrogen (secondary N) is 1. The van der Waals surface area contributed by atoms with Gasteiger partial charge in [0.25, 0.3) is 0 Å². The summed E-state index contributed by atoms with van der Waals surface area (Å²) in [5.41, 5.74) is 0.859. The number of aliphatic carboxylic acids is 1. The number of ketones is 1. The number of amides is 1. The summed E-state index contributed by atoms with van der Waals surface area (Å²) >= 11 is 0. The Bertz CT molecular complexity index is 472. The average Bonchev–Trinajstić information content (AvgIpc) is 2.36. The van der Waals surface area contributed by atoms with Gasteiger partial charge in [-0.3, -0.25) is 9.59 Å². The Morgan fingerprint density at radius 3 is 2.50 bits per heavy atom. The molecule has 0 aromatic heterocycles. The molecule has 108 valence electrons. The van der Waals surface area contributed by atoms with Gasteiger partial charge in [-0.05, 0) is 12.5 Å². The number of alkyl carbamates (subject to hydrolysis) is 1. The number of ether oxygens (including phenoxy) is 1. The maximum atomic E-state index is 11.5. The highest BCUT2D eigenvalue weighted by Gasteiger charge is 2.14. The number of hydrogen-bond acceptors (Lipinski definition) is 4. The van der Waals surface area contributed by atoms with Gasteiger partial charge < -0.3 is 15.2 Å². The number of carbonyl (C=O) groups is 3. The van der Waals surface area contributed by atoms with Crippen LogP contribution in [0.3, 0.4) is 0 Å². The van der Waals surface area contributed by atoms with Crippen LogP contribution in [-0.4, -0.2) is 29.0 Å². The summed E-state index contributed by atoms with van der Waals surface area (Å²) in [5, 5.41) is 10.9. The number of hydrogen-bond donors (Lipinski definition) is 2. The van der Waals surface area contributed by atoms with E-state index in [0.717, 1.165) is 5.56 Å². The maximum absolute atomic E-state index is 11.5. The van der Waals surface area contributed by atoms with Gasteiger partial charge in [0, 0.05) is 12.5 Å². The smallest absolute Gasteiger partial charge is 0.407 e. The lowest BCUT2D eigenvalue weighted by atomic mass is 10.1. The Morgan fingerprint density at radius 1 is 1.25 bits per heavy atom. The zero-order chi connectivity index (χ0) is 15.0. The number of carbonyl (C=O) groups excluding carboxylic acids is 2. The van der Waals surface area contributed by atoms with Gasteiger partial charge in [-0.2, -0.15) is 0 Å². The van der Waals surface area contributed by atoms with Crippen LogP contribution >= 0.6 is 0 Å². The fourth-order valence-corrected chi connectivity index (χ4v) is 1.60. The van der Waals surface area contributed by atoms with Gasteiger partial charge in [0.1, 0.15) is 18.8 Å². The molecule has 2 N–H and O–H groups in total. The van der Waals surface area contributed by atoms with Crippen molar-refractivity contribution in [2.75, 3.05) is 0 Å². The topological polar surface area (TPSA) is 92.7 Å². The van der Waals surface area contributed by atoms with E-state index in [9.17, 15) is 14.4 Å². The third-order valence-corrected chi connectivity index (χ3v) is 2.46. The van der Waals surface area contributed by atoms with Crippen LogP contribution in [-0.2, 0) is 20.9 Å². The average molecular weight is 279 g/mol. The van der Waals surface area contributed by atoms with E-state index >= 15 is 0 Å². The first kappa shape index (κ1) is 15.7. The molecule has 0 aliphatic rings. The van der Waals surface area contributed by atoms with E-state index in [-0.39, 0.29) is 13.0 Å². The molecule has 1 rings (SSSR count). The second kappa shape index (κ2) is 7.93. The third-order valence-electron chi connectivity index (χ3n) is 2.46. The molecule has 0 aliphatic carbocycles. The summed E-state index contributed by atoms with van der Waals surface area (Å²) in [6.07, 6.45) is -1.21. The van der Waals surface area contributed by atoms with Crippen molar-refractivity contribution in [1.82, 2.24) is 5.32 Å². The second-order valence-corrected chi connectivity index (χ2v) is 4.42. The van der Waals surface area contributed by atoms with Crippen LogP contribution < -0.4 is 5.32 Å². The van der Waals surface area contributed by atoms with E-state index in [1.165, 1.54) is 0 Å². The van der Waals surface area contributed by atoms with Crippen molar-refractivity contribution in [3.05, 3.63) is 35.9 Å². The lowest BCUT2D eigenvalue weighted by Crippen LogP contribution is -2.34. The molecule has 0 bridgehead atoms. The molecule has 0 saturated heterocycles. The van der Waals surface area contributed by atoms with Crippen LogP contribution in [0.25, 0.3) is 0 Å². The highest BCUT2D eigenvalue weighted by Crippen LogP contribution is 2.02. The summed E-state index contributed by atoms with van der Waals surface area (Å²) in [5.74, 6) is -1.61. The minimum absolute atomic E-state index is 0.0350. The second-order valence-electron chi connectivity index (χ2n) is 4.42. The first-order valence-corrected chi connectivity index (χ1v) is 6.18. The van der Waals surface area contributed by atoms with Gasteiger partial charge in [-0.25, -0.2) is 4.79 Å². The summed E-state index contributed by atoms with van der Waals surface area (Å²) in [6, 6.07) is 8.72. The number of benzene rings is 1. The molecule has 0 fully saturated rings. The number of carboxylic acids is 1. The van der Waals surface area contributed by atoms with Gasteiger partial charge in [0.2, 0.25) is 0 Å². The molecule has 20 heavy (non-hydrogen) atoms. The van der Waals surface area contributed by atoms with Crippen molar-refractivity contribution < 1.29 is 24.2 Å². The largest absolute Gasteiger partial charge is 0.481 e. The van der Waals surface area contributed by atoms with Crippen LogP contribution in [0.5, 0.6) is 0 Å². The normalized spacial score (nSPS) is 11.4. The molecule has 1 aromatic carbocycles. The van der Waals surface area contributed by atoms with Crippen LogP contribution in [0.15, 0.2) is 30.3 Å². The van der Waals surface area contributed by atoms with E-state index in [2.05, 4.69) is 5.32 Å².